The number of likely N-dealkylation sites (tertiary alicyclic amines) is 1. The fourth-order valence-corrected chi connectivity index (χ4v) is 3.19. The van der Waals surface area contributed by atoms with E-state index in [2.05, 4.69) is 20.7 Å². The van der Waals surface area contributed by atoms with Gasteiger partial charge in [0.05, 0.1) is 0 Å². The quantitative estimate of drug-likeness (QED) is 0.566. The van der Waals surface area contributed by atoms with Crippen molar-refractivity contribution >= 4 is 19.1 Å². The van der Waals surface area contributed by atoms with Crippen LogP contribution in [0.2, 0.25) is 12.1 Å². The molecule has 0 radical (unpaired) electrons. The highest BCUT2D eigenvalue weighted by molar-refractivity contribution is 6.37. The number of carbonyl (C=O) groups is 2. The molecule has 0 aromatic carbocycles. The van der Waals surface area contributed by atoms with E-state index in [9.17, 15) is 9.59 Å². The van der Waals surface area contributed by atoms with Gasteiger partial charge in [0, 0.05) is 17.9 Å². The van der Waals surface area contributed by atoms with Crippen molar-refractivity contribution < 1.29 is 9.59 Å². The summed E-state index contributed by atoms with van der Waals surface area (Å²) in [4.78, 5) is 26.2. The summed E-state index contributed by atoms with van der Waals surface area (Å²) in [7, 11) is 1.04. The van der Waals surface area contributed by atoms with Crippen molar-refractivity contribution in [3.63, 3.8) is 0 Å². The maximum atomic E-state index is 12.5. The van der Waals surface area contributed by atoms with Gasteiger partial charge in [0.15, 0.2) is 0 Å². The lowest BCUT2D eigenvalue weighted by molar-refractivity contribution is -0.146. The highest BCUT2D eigenvalue weighted by Gasteiger charge is 2.47. The van der Waals surface area contributed by atoms with Crippen LogP contribution in [-0.2, 0) is 9.59 Å². The first-order valence-electron chi connectivity index (χ1n) is 7.39. The third-order valence-corrected chi connectivity index (χ3v) is 4.46. The van der Waals surface area contributed by atoms with Crippen LogP contribution in [0.3, 0.4) is 0 Å². The molecule has 1 aliphatic heterocycles. The molecule has 1 aliphatic rings. The van der Waals surface area contributed by atoms with Crippen molar-refractivity contribution in [1.82, 2.24) is 4.90 Å². The molecule has 0 aromatic rings. The summed E-state index contributed by atoms with van der Waals surface area (Å²) in [6.45, 7) is 14.6. The van der Waals surface area contributed by atoms with Crippen molar-refractivity contribution in [2.45, 2.75) is 72.1 Å². The molecular weight excluding hydrogens is 237 g/mol. The summed E-state index contributed by atoms with van der Waals surface area (Å²) in [6, 6.07) is 0. The highest BCUT2D eigenvalue weighted by Crippen LogP contribution is 2.40. The molecule has 108 valence electrons. The Hall–Kier alpha value is -0.795. The molecule has 1 fully saturated rings. The summed E-state index contributed by atoms with van der Waals surface area (Å²) in [5.74, 6) is 0.130. The summed E-state index contributed by atoms with van der Waals surface area (Å²) < 4.78 is 0. The van der Waals surface area contributed by atoms with Gasteiger partial charge < -0.3 is 0 Å². The molecule has 1 saturated heterocycles. The van der Waals surface area contributed by atoms with Crippen molar-refractivity contribution in [2.24, 2.45) is 11.8 Å². The molecule has 1 heterocycles. The topological polar surface area (TPSA) is 37.4 Å². The number of imide groups is 1. The van der Waals surface area contributed by atoms with Gasteiger partial charge in [0.2, 0.25) is 11.8 Å². The summed E-state index contributed by atoms with van der Waals surface area (Å²) >= 11 is 0. The van der Waals surface area contributed by atoms with Crippen LogP contribution in [0.1, 0.15) is 54.4 Å². The van der Waals surface area contributed by atoms with Crippen LogP contribution in [0, 0.1) is 11.8 Å². The normalized spacial score (nSPS) is 21.5. The van der Waals surface area contributed by atoms with E-state index in [1.165, 1.54) is 4.90 Å². The van der Waals surface area contributed by atoms with E-state index in [4.69, 9.17) is 0 Å². The standard InChI is InChI=1S/C15H28BNO2/c1-10(2)11-8-12(18)17(13(11)19)15(5,6)9-14(3,4)16-7/h10-11,16H,8-9H2,1-7H3. The molecule has 0 saturated carbocycles. The van der Waals surface area contributed by atoms with Gasteiger partial charge in [0.1, 0.15) is 7.28 Å². The second-order valence-corrected chi connectivity index (χ2v) is 7.63. The molecule has 1 rings (SSSR count). The van der Waals surface area contributed by atoms with Crippen LogP contribution >= 0.6 is 0 Å². The Morgan fingerprint density at radius 3 is 2.16 bits per heavy atom. The molecule has 0 bridgehead atoms. The Kier molecular flexibility index (Phi) is 4.53. The highest BCUT2D eigenvalue weighted by atomic mass is 16.2. The second kappa shape index (κ2) is 5.30. The predicted molar refractivity (Wildman–Crippen MR) is 80.5 cm³/mol. The summed E-state index contributed by atoms with van der Waals surface area (Å²) in [5.41, 5.74) is -0.392. The van der Waals surface area contributed by atoms with Crippen LogP contribution in [0.15, 0.2) is 0 Å². The first kappa shape index (κ1) is 16.3. The lowest BCUT2D eigenvalue weighted by Crippen LogP contribution is -2.49. The van der Waals surface area contributed by atoms with Crippen molar-refractivity contribution in [2.75, 3.05) is 0 Å². The largest absolute Gasteiger partial charge is 0.277 e. The van der Waals surface area contributed by atoms with Gasteiger partial charge in [-0.1, -0.05) is 39.8 Å². The van der Waals surface area contributed by atoms with E-state index >= 15 is 0 Å². The number of carbonyl (C=O) groups excluding carboxylic acids is 2. The molecule has 19 heavy (non-hydrogen) atoms. The molecule has 1 atom stereocenters. The van der Waals surface area contributed by atoms with Crippen molar-refractivity contribution in [3.05, 3.63) is 0 Å². The van der Waals surface area contributed by atoms with Crippen LogP contribution < -0.4 is 0 Å². The third-order valence-electron chi connectivity index (χ3n) is 4.46. The Labute approximate surface area is 118 Å². The fourth-order valence-electron chi connectivity index (χ4n) is 3.19. The zero-order valence-corrected chi connectivity index (χ0v) is 13.5. The molecule has 3 nitrogen and oxygen atoms in total. The average Bonchev–Trinajstić information content (AvgIpc) is 2.53. The van der Waals surface area contributed by atoms with Gasteiger partial charge in [-0.3, -0.25) is 14.5 Å². The van der Waals surface area contributed by atoms with E-state index in [0.29, 0.717) is 6.42 Å². The first-order valence-corrected chi connectivity index (χ1v) is 7.39. The van der Waals surface area contributed by atoms with Crippen molar-refractivity contribution in [3.8, 4) is 0 Å². The molecule has 1 unspecified atom stereocenters. The average molecular weight is 265 g/mol. The molecule has 2 amide bonds. The molecule has 4 heteroatoms. The van der Waals surface area contributed by atoms with Crippen LogP contribution in [0.5, 0.6) is 0 Å². The smallest absolute Gasteiger partial charge is 0.233 e. The van der Waals surface area contributed by atoms with Gasteiger partial charge in [-0.05, 0) is 26.2 Å². The molecule has 0 aromatic heterocycles. The number of hydrogen-bond acceptors (Lipinski definition) is 2. The monoisotopic (exact) mass is 265 g/mol. The summed E-state index contributed by atoms with van der Waals surface area (Å²) in [6.07, 6.45) is 1.23. The van der Waals surface area contributed by atoms with E-state index < -0.39 is 5.54 Å². The van der Waals surface area contributed by atoms with E-state index in [0.717, 1.165) is 13.7 Å². The molecule has 0 spiro atoms. The molecule has 0 aliphatic carbocycles. The lowest BCUT2D eigenvalue weighted by Gasteiger charge is -2.40. The number of amides is 2. The minimum atomic E-state index is -0.392. The SMILES string of the molecule is CBC(C)(C)CC(C)(C)N1C(=O)CC(C(C)C)C1=O. The van der Waals surface area contributed by atoms with Crippen molar-refractivity contribution in [1.29, 1.82) is 0 Å². The molecule has 0 N–H and O–H groups in total. The minimum Gasteiger partial charge on any atom is -0.277 e. The maximum Gasteiger partial charge on any atom is 0.233 e. The van der Waals surface area contributed by atoms with Crippen LogP contribution in [0.4, 0.5) is 0 Å². The van der Waals surface area contributed by atoms with E-state index in [-0.39, 0.29) is 29.0 Å². The van der Waals surface area contributed by atoms with E-state index in [1.54, 1.807) is 0 Å². The minimum absolute atomic E-state index is 0.000558. The lowest BCUT2D eigenvalue weighted by atomic mass is 9.52. The number of nitrogens with zero attached hydrogens (tertiary/aromatic N) is 1. The predicted octanol–water partition coefficient (Wildman–Crippen LogP) is 2.87. The van der Waals surface area contributed by atoms with Crippen LogP contribution in [-0.4, -0.2) is 29.5 Å². The molecular formula is C15H28BNO2. The Morgan fingerprint density at radius 1 is 1.26 bits per heavy atom. The van der Waals surface area contributed by atoms with Gasteiger partial charge >= 0.3 is 0 Å². The Bertz CT molecular complexity index is 374. The van der Waals surface area contributed by atoms with Gasteiger partial charge in [-0.15, -0.1) is 0 Å². The fraction of sp³-hybridized carbons (Fsp3) is 0.867. The number of hydrogen-bond donors (Lipinski definition) is 0. The van der Waals surface area contributed by atoms with E-state index in [1.807, 2.05) is 27.7 Å². The maximum absolute atomic E-state index is 12.5. The second-order valence-electron chi connectivity index (χ2n) is 7.63. The van der Waals surface area contributed by atoms with Gasteiger partial charge in [-0.2, -0.15) is 0 Å². The first-order chi connectivity index (χ1) is 8.52. The third kappa shape index (κ3) is 3.40. The van der Waals surface area contributed by atoms with Crippen LogP contribution in [0.25, 0.3) is 0 Å². The van der Waals surface area contributed by atoms with Gasteiger partial charge in [0.25, 0.3) is 0 Å². The Balaban J connectivity index is 2.95. The zero-order valence-electron chi connectivity index (χ0n) is 13.5. The Morgan fingerprint density at radius 2 is 1.79 bits per heavy atom. The zero-order chi connectivity index (χ0) is 15.0. The number of rotatable bonds is 5. The van der Waals surface area contributed by atoms with Gasteiger partial charge in [-0.25, -0.2) is 0 Å². The summed E-state index contributed by atoms with van der Waals surface area (Å²) in [5, 5.41) is 0.139.